The van der Waals surface area contributed by atoms with E-state index >= 15 is 0 Å². The molecule has 3 aromatic heterocycles. The summed E-state index contributed by atoms with van der Waals surface area (Å²) in [4.78, 5) is 4.82. The fourth-order valence-electron chi connectivity index (χ4n) is 10.8. The summed E-state index contributed by atoms with van der Waals surface area (Å²) in [7, 11) is 0. The van der Waals surface area contributed by atoms with E-state index in [2.05, 4.69) is 20.2 Å². The average Bonchev–Trinajstić information content (AvgIpc) is 0.712. The molecule has 0 amide bonds. The van der Waals surface area contributed by atoms with Crippen LogP contribution in [0.3, 0.4) is 0 Å². The predicted octanol–water partition coefficient (Wildman–Crippen LogP) is 18.7. The lowest BCUT2D eigenvalue weighted by atomic mass is 9.62. The quantitative estimate of drug-likeness (QED) is 0.112. The lowest BCUT2D eigenvalue weighted by molar-refractivity contribution is -0.571. The van der Waals surface area contributed by atoms with Crippen molar-refractivity contribution in [3.05, 3.63) is 198 Å². The molecule has 388 valence electrons. The summed E-state index contributed by atoms with van der Waals surface area (Å²) >= 11 is 0. The summed E-state index contributed by atoms with van der Waals surface area (Å²) in [6.07, 6.45) is -11.6. The van der Waals surface area contributed by atoms with E-state index in [1.54, 1.807) is 24.4 Å². The molecule has 3 aliphatic rings. The van der Waals surface area contributed by atoms with Gasteiger partial charge >= 0.3 is 0 Å². The van der Waals surface area contributed by atoms with Gasteiger partial charge in [0, 0.05) is 68.3 Å². The van der Waals surface area contributed by atoms with E-state index in [9.17, 15) is 20.6 Å². The molecule has 13 rings (SSSR count). The van der Waals surface area contributed by atoms with Crippen LogP contribution in [0, 0.1) is 11.7 Å². The highest BCUT2D eigenvalue weighted by Gasteiger charge is 2.39. The average molecular weight is 1050 g/mol. The van der Waals surface area contributed by atoms with Crippen LogP contribution in [-0.4, -0.2) is 14.1 Å². The summed E-state index contributed by atoms with van der Waals surface area (Å²) in [5.41, 5.74) is -29.3. The summed E-state index contributed by atoms with van der Waals surface area (Å²) in [5.74, 6) is 0.0248. The first-order chi connectivity index (χ1) is 52.8. The minimum atomic E-state index is -4.85. The molecule has 7 aromatic carbocycles. The highest BCUT2D eigenvalue weighted by Crippen LogP contribution is 2.50. The molecule has 0 saturated heterocycles. The third kappa shape index (κ3) is 8.51. The molecule has 1 fully saturated rings. The van der Waals surface area contributed by atoms with E-state index in [0.717, 1.165) is 57.5 Å². The maximum absolute atomic E-state index is 10.4. The fraction of sp³-hybridized carbons (Fsp3) is 0.333. The van der Waals surface area contributed by atoms with Crippen LogP contribution in [0.1, 0.15) is 207 Å². The number of hydrogen-bond donors (Lipinski definition) is 0. The Balaban J connectivity index is 1.15. The van der Waals surface area contributed by atoms with E-state index in [1.807, 2.05) is 47.0 Å². The number of nitrogens with zero attached hydrogens (tertiary/aromatic N) is 4. The summed E-state index contributed by atoms with van der Waals surface area (Å²) < 4.78 is 373. The van der Waals surface area contributed by atoms with Crippen molar-refractivity contribution in [2.75, 3.05) is 0 Å². The van der Waals surface area contributed by atoms with Crippen molar-refractivity contribution in [1.29, 1.82) is 0 Å². The number of ether oxygens (including phenoxy) is 1. The number of fused-ring (bicyclic) bond motifs is 6. The molecule has 1 saturated carbocycles. The molecular weight excluding hydrogens is 937 g/mol. The largest absolute Gasteiger partial charge is 0.458 e. The lowest BCUT2D eigenvalue weighted by Crippen LogP contribution is -2.34. The van der Waals surface area contributed by atoms with E-state index in [1.165, 1.54) is 47.0 Å². The first-order valence-corrected chi connectivity index (χ1v) is 25.0. The highest BCUT2D eigenvalue weighted by atomic mass is 16.5. The zero-order chi connectivity index (χ0) is 86.5. The number of rotatable bonds is 8. The Morgan fingerprint density at radius 3 is 1.86 bits per heavy atom. The van der Waals surface area contributed by atoms with Crippen molar-refractivity contribution in [3.8, 4) is 50.9 Å². The Morgan fingerprint density at radius 1 is 0.610 bits per heavy atom. The molecule has 0 N–H and O–H groups in total. The van der Waals surface area contributed by atoms with Crippen molar-refractivity contribution in [3.63, 3.8) is 0 Å². The second-order valence-corrected chi connectivity index (χ2v) is 20.8. The number of para-hydroxylation sites is 4. The van der Waals surface area contributed by atoms with Crippen LogP contribution in [0.2, 0.25) is 0 Å². The minimum absolute atomic E-state index is 0.0453. The van der Waals surface area contributed by atoms with E-state index in [0.29, 0.717) is 24.2 Å². The normalized spacial score (nSPS) is 30.1. The molecule has 3 aliphatic carbocycles. The highest BCUT2D eigenvalue weighted by molar-refractivity contribution is 6.09. The fourth-order valence-corrected chi connectivity index (χ4v) is 10.8. The van der Waals surface area contributed by atoms with Crippen molar-refractivity contribution in [2.24, 2.45) is 5.41 Å². The minimum Gasteiger partial charge on any atom is -0.458 e. The Labute approximate surface area is 511 Å². The third-order valence-corrected chi connectivity index (χ3v) is 14.9. The van der Waals surface area contributed by atoms with Gasteiger partial charge in [0.05, 0.1) is 41.7 Å². The van der Waals surface area contributed by atoms with Crippen LogP contribution in [0.15, 0.2) is 164 Å². The SMILES string of the molecule is [2H]c1c([2H])c2c(c([2H])c1-c1cccc(-c3c([2H])c([2H])c4c(c3[2H])C(C([2H])([2H])[2H])(C([2H])([2H])[2H])C([2H])([2H])C([2H])([2H])C4(C([2H])([2H])[2H])C([2H])([2H])[2H])c1-[n+]1[c-]n(-c3cccc(Oc4ccc5c6ccccc6n(-c6cc(C7([2H])CCC(C)(C)CC7)ccn6)c5c4)c3)c3ccccc31)C(C([2H])([2H])[2H])(C([2H])([2H])[2H])C([2H])([2H])C([2H])([2H])C2(C([2H])([2H])[2H])C([2H])([2H])[2H]. The van der Waals surface area contributed by atoms with Crippen molar-refractivity contribution in [2.45, 2.75) is 147 Å². The number of benzene rings is 7. The molecule has 0 radical (unpaired) electrons. The molecule has 5 heteroatoms. The predicted molar refractivity (Wildman–Crippen MR) is 319 cm³/mol. The van der Waals surface area contributed by atoms with Gasteiger partial charge in [0.25, 0.3) is 6.33 Å². The van der Waals surface area contributed by atoms with Gasteiger partial charge in [-0.15, -0.1) is 0 Å². The van der Waals surface area contributed by atoms with Gasteiger partial charge in [-0.3, -0.25) is 13.7 Å². The Kier molecular flexibility index (Phi) is 5.26. The van der Waals surface area contributed by atoms with Gasteiger partial charge in [0.15, 0.2) is 0 Å². The zero-order valence-corrected chi connectivity index (χ0v) is 41.6. The molecule has 0 aliphatic heterocycles. The molecule has 77 heavy (non-hydrogen) atoms. The van der Waals surface area contributed by atoms with Crippen LogP contribution in [0.5, 0.6) is 11.5 Å². The third-order valence-electron chi connectivity index (χ3n) is 14.9. The molecule has 0 unspecified atom stereocenters. The van der Waals surface area contributed by atoms with Crippen LogP contribution in [0.25, 0.3) is 72.3 Å². The van der Waals surface area contributed by atoms with E-state index in [4.69, 9.17) is 42.6 Å². The number of hydrogen-bond acceptors (Lipinski definition) is 2. The number of aromatic nitrogens is 4. The van der Waals surface area contributed by atoms with Gasteiger partial charge in [-0.25, -0.2) is 4.98 Å². The molecule has 3 heterocycles. The van der Waals surface area contributed by atoms with Gasteiger partial charge in [0.2, 0.25) is 0 Å². The lowest BCUT2D eigenvalue weighted by Gasteiger charge is -2.42. The Morgan fingerprint density at radius 2 is 1.19 bits per heavy atom. The molecule has 0 bridgehead atoms. The maximum atomic E-state index is 10.4. The summed E-state index contributed by atoms with van der Waals surface area (Å²) in [6.45, 7) is -32.0. The molecule has 10 aromatic rings. The smallest absolute Gasteiger partial charge is 0.269 e. The Bertz CT molecular complexity index is 5450. The monoisotopic (exact) mass is 1050 g/mol. The van der Waals surface area contributed by atoms with Gasteiger partial charge in [0.1, 0.15) is 17.3 Å². The van der Waals surface area contributed by atoms with Gasteiger partial charge in [-0.05, 0) is 183 Å². The van der Waals surface area contributed by atoms with Crippen LogP contribution < -0.4 is 9.30 Å². The van der Waals surface area contributed by atoms with Gasteiger partial charge < -0.3 is 4.74 Å². The van der Waals surface area contributed by atoms with Gasteiger partial charge in [-0.2, -0.15) is 0 Å². The molecule has 5 nitrogen and oxygen atoms in total. The van der Waals surface area contributed by atoms with Crippen molar-refractivity contribution in [1.82, 2.24) is 14.1 Å². The number of pyridine rings is 1. The van der Waals surface area contributed by atoms with Gasteiger partial charge in [-0.1, -0.05) is 172 Å². The zero-order valence-electron chi connectivity index (χ0n) is 80.6. The maximum Gasteiger partial charge on any atom is 0.269 e. The number of imidazole rings is 1. The second kappa shape index (κ2) is 17.9. The van der Waals surface area contributed by atoms with Crippen LogP contribution in [-0.2, 0) is 21.7 Å². The standard InChI is InChI=1S/C72H74N4O/c1-68(2)34-31-47(32-35-68)48-33-40-73-66(43-48)76-62-22-12-11-19-56(62)57-28-27-53(45-65(57)76)77-52-18-15-17-51(44-52)74-46-75(64-24-14-13-23-63(64)74)67-54(49-25-29-58-60(41-49)71(7,8)38-36-69(58,3)4)20-16-21-55(67)50-26-30-59-61(42-50)72(9,10)39-37-70(59,5)6/h11-30,33,40-45,47H,31-32,34-39H2,1-10H3/i3D3,4D3,5D3,6D3,7D3,8D3,9D3,10D3,25D,26D,29D,30D,36D2,37D2,38D2,39D2,41D,42D,47D. The first kappa shape index (κ1) is 22.6. The second-order valence-electron chi connectivity index (χ2n) is 20.8. The Hall–Kier alpha value is -7.24. The molecule has 0 spiro atoms. The van der Waals surface area contributed by atoms with Crippen LogP contribution in [0.4, 0.5) is 0 Å². The van der Waals surface area contributed by atoms with E-state index < -0.39 is 194 Å². The van der Waals surface area contributed by atoms with E-state index in [-0.39, 0.29) is 33.6 Å². The summed E-state index contributed by atoms with van der Waals surface area (Å²) in [5, 5.41) is 1.66. The summed E-state index contributed by atoms with van der Waals surface area (Å²) in [6, 6.07) is 20.9. The molecular formula is C72H74N4O. The van der Waals surface area contributed by atoms with Crippen LogP contribution >= 0.6 is 0 Å². The van der Waals surface area contributed by atoms with Crippen molar-refractivity contribution >= 4 is 32.8 Å². The topological polar surface area (TPSA) is 35.9 Å². The van der Waals surface area contributed by atoms with Crippen molar-refractivity contribution < 1.29 is 62.8 Å². The molecule has 0 atom stereocenters. The first-order valence-electron chi connectivity index (χ1n) is 44.5.